The first-order chi connectivity index (χ1) is 22.6. The molecule has 0 radical (unpaired) electrons. The summed E-state index contributed by atoms with van der Waals surface area (Å²) in [5.41, 5.74) is 1.57. The number of nitrogens with one attached hydrogen (secondary N) is 1. The van der Waals surface area contributed by atoms with Crippen LogP contribution in [0.1, 0.15) is 194 Å². The van der Waals surface area contributed by atoms with Gasteiger partial charge in [-0.15, -0.1) is 0 Å². The molecule has 1 N–H and O–H groups in total. The summed E-state index contributed by atoms with van der Waals surface area (Å²) in [4.78, 5) is 2.56. The van der Waals surface area contributed by atoms with E-state index in [-0.39, 0.29) is 0 Å². The Bertz CT molecular complexity index is 703. The molecule has 0 aliphatic heterocycles. The third-order valence-electron chi connectivity index (χ3n) is 9.55. The second-order valence-electron chi connectivity index (χ2n) is 14.4. The molecule has 0 aromatic heterocycles. The Balaban J connectivity index is 3.91. The summed E-state index contributed by atoms with van der Waals surface area (Å²) in [7, 11) is 4.39. The maximum absolute atomic E-state index is 3.32. The van der Waals surface area contributed by atoms with Crippen molar-refractivity contribution in [2.45, 2.75) is 194 Å². The molecular formula is C44H84N2. The van der Waals surface area contributed by atoms with Crippen LogP contribution in [-0.4, -0.2) is 38.6 Å². The quantitative estimate of drug-likeness (QED) is 0.0541. The van der Waals surface area contributed by atoms with Crippen molar-refractivity contribution < 1.29 is 0 Å². The van der Waals surface area contributed by atoms with Gasteiger partial charge in [0.2, 0.25) is 0 Å². The van der Waals surface area contributed by atoms with Crippen molar-refractivity contribution in [3.8, 4) is 0 Å². The van der Waals surface area contributed by atoms with Gasteiger partial charge in [0.15, 0.2) is 0 Å². The Hall–Kier alpha value is -1.12. The topological polar surface area (TPSA) is 15.3 Å². The Kier molecular flexibility index (Phi) is 37.4. The summed E-state index contributed by atoms with van der Waals surface area (Å²) in [5.74, 6) is 0.881. The smallest absolute Gasteiger partial charge is 0.0104 e. The lowest BCUT2D eigenvalue weighted by Gasteiger charge is -2.24. The molecule has 0 aliphatic carbocycles. The van der Waals surface area contributed by atoms with Gasteiger partial charge in [-0.05, 0) is 104 Å². The molecule has 0 fully saturated rings. The largest absolute Gasteiger partial charge is 0.318 e. The van der Waals surface area contributed by atoms with E-state index in [9.17, 15) is 0 Å². The van der Waals surface area contributed by atoms with Crippen LogP contribution in [0.4, 0.5) is 0 Å². The third kappa shape index (κ3) is 35.7. The highest BCUT2D eigenvalue weighted by atomic mass is 15.1. The number of rotatable bonds is 36. The van der Waals surface area contributed by atoms with Crippen molar-refractivity contribution in [3.05, 3.63) is 48.1 Å². The summed E-state index contributed by atoms with van der Waals surface area (Å²) in [5, 5.41) is 3.32. The molecule has 0 spiro atoms. The van der Waals surface area contributed by atoms with E-state index < -0.39 is 0 Å². The first-order valence-electron chi connectivity index (χ1n) is 20.6. The van der Waals surface area contributed by atoms with Crippen LogP contribution in [-0.2, 0) is 0 Å². The standard InChI is InChI=1S/C44H84N2/c1-6-8-10-11-12-13-14-15-16-17-18-19-20-24-27-30-34-38-44(42-46(5)41-40-45-4)39-35-31-28-25-22-21-23-26-29-33-37-43(3)36-32-9-7-2/h13-14,16-17,26,29,37,44-45H,6-12,15,18-25,27-28,30-36,38-42H2,1-5H3/b14-13-,17-16-,29-26-,43-37-. The zero-order chi connectivity index (χ0) is 33.6. The van der Waals surface area contributed by atoms with E-state index in [2.05, 4.69) is 87.6 Å². The highest BCUT2D eigenvalue weighted by Gasteiger charge is 2.11. The zero-order valence-electron chi connectivity index (χ0n) is 32.3. The Labute approximate surface area is 291 Å². The van der Waals surface area contributed by atoms with Gasteiger partial charge in [-0.1, -0.05) is 158 Å². The first-order valence-corrected chi connectivity index (χ1v) is 20.6. The van der Waals surface area contributed by atoms with Crippen molar-refractivity contribution in [2.75, 3.05) is 33.7 Å². The van der Waals surface area contributed by atoms with Crippen LogP contribution in [0, 0.1) is 5.92 Å². The van der Waals surface area contributed by atoms with Crippen LogP contribution in [0.25, 0.3) is 0 Å². The molecule has 0 heterocycles. The molecule has 1 unspecified atom stereocenters. The molecular weight excluding hydrogens is 556 g/mol. The molecule has 0 aliphatic rings. The van der Waals surface area contributed by atoms with E-state index in [1.165, 1.54) is 174 Å². The second kappa shape index (κ2) is 38.3. The molecule has 0 saturated carbocycles. The van der Waals surface area contributed by atoms with E-state index in [4.69, 9.17) is 0 Å². The van der Waals surface area contributed by atoms with Crippen molar-refractivity contribution in [2.24, 2.45) is 5.92 Å². The lowest BCUT2D eigenvalue weighted by Crippen LogP contribution is -2.31. The molecule has 0 amide bonds. The van der Waals surface area contributed by atoms with Gasteiger partial charge in [0, 0.05) is 19.6 Å². The highest BCUT2D eigenvalue weighted by molar-refractivity contribution is 5.02. The van der Waals surface area contributed by atoms with Crippen molar-refractivity contribution in [1.29, 1.82) is 0 Å². The van der Waals surface area contributed by atoms with Gasteiger partial charge in [-0.2, -0.15) is 0 Å². The van der Waals surface area contributed by atoms with Crippen molar-refractivity contribution in [1.82, 2.24) is 10.2 Å². The van der Waals surface area contributed by atoms with Gasteiger partial charge in [-0.25, -0.2) is 0 Å². The molecule has 46 heavy (non-hydrogen) atoms. The number of hydrogen-bond donors (Lipinski definition) is 1. The summed E-state index contributed by atoms with van der Waals surface area (Å²) in [6.45, 7) is 10.4. The number of unbranched alkanes of at least 4 members (excludes halogenated alkanes) is 18. The van der Waals surface area contributed by atoms with E-state index in [1.54, 1.807) is 5.57 Å². The summed E-state index contributed by atoms with van der Waals surface area (Å²) >= 11 is 0. The normalized spacial score (nSPS) is 13.4. The van der Waals surface area contributed by atoms with Gasteiger partial charge in [0.05, 0.1) is 0 Å². The van der Waals surface area contributed by atoms with E-state index in [1.807, 2.05) is 0 Å². The van der Waals surface area contributed by atoms with Crippen LogP contribution >= 0.6 is 0 Å². The van der Waals surface area contributed by atoms with Gasteiger partial charge in [-0.3, -0.25) is 0 Å². The van der Waals surface area contributed by atoms with Crippen LogP contribution in [0.3, 0.4) is 0 Å². The Morgan fingerprint density at radius 1 is 0.565 bits per heavy atom. The first kappa shape index (κ1) is 44.9. The fraction of sp³-hybridized carbons (Fsp3) is 0.818. The summed E-state index contributed by atoms with van der Waals surface area (Å²) in [6, 6.07) is 0. The van der Waals surface area contributed by atoms with Crippen molar-refractivity contribution >= 4 is 0 Å². The fourth-order valence-electron chi connectivity index (χ4n) is 6.40. The maximum atomic E-state index is 3.32. The monoisotopic (exact) mass is 641 g/mol. The maximum Gasteiger partial charge on any atom is 0.0104 e. The van der Waals surface area contributed by atoms with Crippen molar-refractivity contribution in [3.63, 3.8) is 0 Å². The van der Waals surface area contributed by atoms with Gasteiger partial charge in [0.1, 0.15) is 0 Å². The molecule has 2 heteroatoms. The van der Waals surface area contributed by atoms with Crippen LogP contribution in [0.2, 0.25) is 0 Å². The van der Waals surface area contributed by atoms with E-state index in [0.29, 0.717) is 0 Å². The van der Waals surface area contributed by atoms with E-state index >= 15 is 0 Å². The molecule has 0 bridgehead atoms. The molecule has 0 saturated heterocycles. The molecule has 1 atom stereocenters. The van der Waals surface area contributed by atoms with Crippen LogP contribution in [0.15, 0.2) is 48.1 Å². The van der Waals surface area contributed by atoms with Gasteiger partial charge < -0.3 is 10.2 Å². The molecule has 0 aromatic rings. The third-order valence-corrected chi connectivity index (χ3v) is 9.55. The Morgan fingerprint density at radius 3 is 1.54 bits per heavy atom. The number of allylic oxidation sites excluding steroid dienone is 8. The lowest BCUT2D eigenvalue weighted by atomic mass is 9.93. The number of likely N-dealkylation sites (N-methyl/N-ethyl adjacent to an activating group) is 2. The molecule has 270 valence electrons. The van der Waals surface area contributed by atoms with Gasteiger partial charge >= 0.3 is 0 Å². The average molecular weight is 641 g/mol. The average Bonchev–Trinajstić information content (AvgIpc) is 3.05. The summed E-state index contributed by atoms with van der Waals surface area (Å²) < 4.78 is 0. The lowest BCUT2D eigenvalue weighted by molar-refractivity contribution is 0.251. The number of nitrogens with zero attached hydrogens (tertiary/aromatic N) is 1. The predicted octanol–water partition coefficient (Wildman–Crippen LogP) is 13.9. The minimum Gasteiger partial charge on any atom is -0.318 e. The minimum atomic E-state index is 0.881. The second-order valence-corrected chi connectivity index (χ2v) is 14.4. The number of hydrogen-bond acceptors (Lipinski definition) is 2. The SMILES string of the molecule is CCCCCC/C=C\C/C=C\CCCCCCCCC(CCCCCCCC/C=C\C/C=C(/C)CCCCC)CN(C)CCNC. The van der Waals surface area contributed by atoms with Gasteiger partial charge in [0.25, 0.3) is 0 Å². The van der Waals surface area contributed by atoms with Crippen LogP contribution in [0.5, 0.6) is 0 Å². The summed E-state index contributed by atoms with van der Waals surface area (Å²) in [6.07, 6.45) is 53.4. The predicted molar refractivity (Wildman–Crippen MR) is 212 cm³/mol. The highest BCUT2D eigenvalue weighted by Crippen LogP contribution is 2.21. The molecule has 0 rings (SSSR count). The molecule has 0 aromatic carbocycles. The van der Waals surface area contributed by atoms with Crippen LogP contribution < -0.4 is 5.32 Å². The fourth-order valence-corrected chi connectivity index (χ4v) is 6.40. The Morgan fingerprint density at radius 2 is 1.02 bits per heavy atom. The van der Waals surface area contributed by atoms with E-state index in [0.717, 1.165) is 25.3 Å². The minimum absolute atomic E-state index is 0.881. The zero-order valence-corrected chi connectivity index (χ0v) is 32.3. The molecule has 2 nitrogen and oxygen atoms in total.